The molecule has 0 bridgehead atoms. The zero-order valence-corrected chi connectivity index (χ0v) is 16.2. The van der Waals surface area contributed by atoms with E-state index in [1.54, 1.807) is 17.0 Å². The molecule has 1 aliphatic heterocycles. The minimum absolute atomic E-state index is 0.0268. The van der Waals surface area contributed by atoms with Crippen molar-refractivity contribution in [3.05, 3.63) is 83.0 Å². The Morgan fingerprint density at radius 3 is 2.73 bits per heavy atom. The quantitative estimate of drug-likeness (QED) is 0.547. The van der Waals surface area contributed by atoms with E-state index in [1.807, 2.05) is 19.1 Å². The second kappa shape index (κ2) is 7.82. The van der Waals surface area contributed by atoms with Crippen LogP contribution in [0.1, 0.15) is 33.5 Å². The lowest BCUT2D eigenvalue weighted by Gasteiger charge is -2.30. The molecule has 0 saturated heterocycles. The molecule has 0 saturated carbocycles. The highest BCUT2D eigenvalue weighted by Gasteiger charge is 2.31. The molecule has 2 heterocycles. The van der Waals surface area contributed by atoms with Crippen LogP contribution in [0.3, 0.4) is 0 Å². The zero-order chi connectivity index (χ0) is 21.3. The molecule has 7 heteroatoms. The Morgan fingerprint density at radius 2 is 1.93 bits per heavy atom. The number of benzene rings is 2. The molecule has 2 aromatic carbocycles. The number of fused-ring (bicyclic) bond motifs is 1. The van der Waals surface area contributed by atoms with Gasteiger partial charge in [0.15, 0.2) is 0 Å². The van der Waals surface area contributed by atoms with Crippen LogP contribution in [0.15, 0.2) is 60.8 Å². The van der Waals surface area contributed by atoms with Gasteiger partial charge in [-0.25, -0.2) is 4.98 Å². The fourth-order valence-electron chi connectivity index (χ4n) is 3.56. The van der Waals surface area contributed by atoms with Gasteiger partial charge in [0.25, 0.3) is 5.91 Å². The van der Waals surface area contributed by atoms with Crippen LogP contribution < -0.4 is 9.64 Å². The van der Waals surface area contributed by atoms with Crippen LogP contribution in [-0.4, -0.2) is 17.4 Å². The molecule has 0 fully saturated rings. The first kappa shape index (κ1) is 19.9. The molecule has 3 aromatic rings. The Bertz CT molecular complexity index is 1100. The number of rotatable bonds is 3. The summed E-state index contributed by atoms with van der Waals surface area (Å²) >= 11 is 0. The van der Waals surface area contributed by atoms with Crippen molar-refractivity contribution in [2.75, 3.05) is 11.4 Å². The lowest BCUT2D eigenvalue weighted by molar-refractivity contribution is -0.137. The Morgan fingerprint density at radius 1 is 1.10 bits per heavy atom. The molecule has 0 unspecified atom stereocenters. The fraction of sp³-hybridized carbons (Fsp3) is 0.217. The van der Waals surface area contributed by atoms with Crippen LogP contribution in [0.5, 0.6) is 11.6 Å². The van der Waals surface area contributed by atoms with Crippen molar-refractivity contribution < 1.29 is 22.7 Å². The molecule has 154 valence electrons. The first-order valence-electron chi connectivity index (χ1n) is 9.54. The number of carbonyl (C=O) groups is 1. The van der Waals surface area contributed by atoms with Crippen LogP contribution in [0, 0.1) is 6.92 Å². The maximum absolute atomic E-state index is 13.3. The number of anilines is 1. The third-order valence-electron chi connectivity index (χ3n) is 4.98. The Hall–Kier alpha value is -3.35. The van der Waals surface area contributed by atoms with Crippen molar-refractivity contribution in [2.24, 2.45) is 0 Å². The van der Waals surface area contributed by atoms with E-state index >= 15 is 0 Å². The summed E-state index contributed by atoms with van der Waals surface area (Å²) in [5, 5.41) is 0. The first-order chi connectivity index (χ1) is 14.3. The average Bonchev–Trinajstić information content (AvgIpc) is 2.72. The molecule has 4 rings (SSSR count). The lowest BCUT2D eigenvalue weighted by atomic mass is 9.99. The van der Waals surface area contributed by atoms with Crippen molar-refractivity contribution >= 4 is 11.6 Å². The summed E-state index contributed by atoms with van der Waals surface area (Å²) < 4.78 is 44.6. The molecule has 1 aliphatic rings. The van der Waals surface area contributed by atoms with Gasteiger partial charge in [-0.2, -0.15) is 13.2 Å². The van der Waals surface area contributed by atoms with Gasteiger partial charge >= 0.3 is 6.18 Å². The zero-order valence-electron chi connectivity index (χ0n) is 16.2. The SMILES string of the molecule is Cc1ccc2c(c1)CCCN2C(=O)c1cccnc1Oc1cccc(C(F)(F)F)c1. The van der Waals surface area contributed by atoms with Gasteiger partial charge in [0.2, 0.25) is 5.88 Å². The normalized spacial score (nSPS) is 13.7. The van der Waals surface area contributed by atoms with Gasteiger partial charge < -0.3 is 9.64 Å². The summed E-state index contributed by atoms with van der Waals surface area (Å²) in [6.45, 7) is 2.55. The number of pyridine rings is 1. The number of alkyl halides is 3. The van der Waals surface area contributed by atoms with Crippen LogP contribution in [0.2, 0.25) is 0 Å². The van der Waals surface area contributed by atoms with E-state index in [9.17, 15) is 18.0 Å². The van der Waals surface area contributed by atoms with Crippen molar-refractivity contribution in [1.29, 1.82) is 0 Å². The second-order valence-corrected chi connectivity index (χ2v) is 7.18. The maximum Gasteiger partial charge on any atom is 0.416 e. The molecule has 0 radical (unpaired) electrons. The second-order valence-electron chi connectivity index (χ2n) is 7.18. The number of hydrogen-bond donors (Lipinski definition) is 0. The van der Waals surface area contributed by atoms with Gasteiger partial charge in [-0.1, -0.05) is 23.8 Å². The summed E-state index contributed by atoms with van der Waals surface area (Å²) in [6.07, 6.45) is -1.33. The van der Waals surface area contributed by atoms with Gasteiger partial charge in [0.1, 0.15) is 11.3 Å². The third-order valence-corrected chi connectivity index (χ3v) is 4.98. The van der Waals surface area contributed by atoms with Crippen molar-refractivity contribution in [2.45, 2.75) is 25.9 Å². The maximum atomic E-state index is 13.3. The number of aromatic nitrogens is 1. The van der Waals surface area contributed by atoms with Gasteiger partial charge in [-0.15, -0.1) is 0 Å². The van der Waals surface area contributed by atoms with Crippen LogP contribution in [0.25, 0.3) is 0 Å². The van der Waals surface area contributed by atoms with Crippen molar-refractivity contribution in [3.8, 4) is 11.6 Å². The van der Waals surface area contributed by atoms with E-state index in [4.69, 9.17) is 4.74 Å². The molecule has 1 amide bonds. The number of nitrogens with zero attached hydrogens (tertiary/aromatic N) is 2. The summed E-state index contributed by atoms with van der Waals surface area (Å²) in [5.41, 5.74) is 2.43. The number of aryl methyl sites for hydroxylation is 2. The number of halogens is 3. The Kier molecular flexibility index (Phi) is 5.20. The first-order valence-corrected chi connectivity index (χ1v) is 9.54. The minimum Gasteiger partial charge on any atom is -0.438 e. The predicted octanol–water partition coefficient (Wildman–Crippen LogP) is 5.79. The highest BCUT2D eigenvalue weighted by Crippen LogP contribution is 2.34. The van der Waals surface area contributed by atoms with E-state index < -0.39 is 11.7 Å². The van der Waals surface area contributed by atoms with E-state index in [-0.39, 0.29) is 23.1 Å². The molecule has 0 aliphatic carbocycles. The highest BCUT2D eigenvalue weighted by molar-refractivity contribution is 6.08. The Labute approximate surface area is 171 Å². The standard InChI is InChI=1S/C23H19F3N2O2/c1-15-9-10-20-16(13-15)5-4-12-28(20)22(29)19-8-3-11-27-21(19)30-18-7-2-6-17(14-18)23(24,25)26/h2-3,6-11,13-14H,4-5,12H2,1H3. The number of ether oxygens (including phenoxy) is 1. The number of amides is 1. The molecule has 30 heavy (non-hydrogen) atoms. The van der Waals surface area contributed by atoms with Gasteiger partial charge in [0, 0.05) is 18.4 Å². The summed E-state index contributed by atoms with van der Waals surface area (Å²) in [5.74, 6) is -0.358. The molecule has 4 nitrogen and oxygen atoms in total. The van der Waals surface area contributed by atoms with Gasteiger partial charge in [-0.05, 0) is 61.7 Å². The molecular weight excluding hydrogens is 393 g/mol. The van der Waals surface area contributed by atoms with E-state index in [0.29, 0.717) is 6.54 Å². The van der Waals surface area contributed by atoms with Crippen molar-refractivity contribution in [3.63, 3.8) is 0 Å². The van der Waals surface area contributed by atoms with Gasteiger partial charge in [0.05, 0.1) is 5.56 Å². The van der Waals surface area contributed by atoms with Crippen molar-refractivity contribution in [1.82, 2.24) is 4.98 Å². The van der Waals surface area contributed by atoms with Crippen LogP contribution in [-0.2, 0) is 12.6 Å². The third kappa shape index (κ3) is 4.01. The molecule has 0 atom stereocenters. The topological polar surface area (TPSA) is 42.4 Å². The van der Waals surface area contributed by atoms with E-state index in [0.717, 1.165) is 41.8 Å². The van der Waals surface area contributed by atoms with E-state index in [1.165, 1.54) is 18.3 Å². The largest absolute Gasteiger partial charge is 0.438 e. The summed E-state index contributed by atoms with van der Waals surface area (Å²) in [7, 11) is 0. The smallest absolute Gasteiger partial charge is 0.416 e. The summed E-state index contributed by atoms with van der Waals surface area (Å²) in [6, 6.07) is 13.6. The predicted molar refractivity (Wildman–Crippen MR) is 107 cm³/mol. The molecule has 0 spiro atoms. The number of hydrogen-bond acceptors (Lipinski definition) is 3. The lowest BCUT2D eigenvalue weighted by Crippen LogP contribution is -2.35. The van der Waals surface area contributed by atoms with Gasteiger partial charge in [-0.3, -0.25) is 4.79 Å². The molecular formula is C23H19F3N2O2. The van der Waals surface area contributed by atoms with Crippen LogP contribution in [0.4, 0.5) is 18.9 Å². The Balaban J connectivity index is 1.66. The fourth-order valence-corrected chi connectivity index (χ4v) is 3.56. The van der Waals surface area contributed by atoms with E-state index in [2.05, 4.69) is 11.1 Å². The molecule has 1 aromatic heterocycles. The summed E-state index contributed by atoms with van der Waals surface area (Å²) in [4.78, 5) is 19.1. The molecule has 0 N–H and O–H groups in total. The minimum atomic E-state index is -4.49. The monoisotopic (exact) mass is 412 g/mol. The number of carbonyl (C=O) groups excluding carboxylic acids is 1. The highest BCUT2D eigenvalue weighted by atomic mass is 19.4. The van der Waals surface area contributed by atoms with Crippen LogP contribution >= 0.6 is 0 Å². The average molecular weight is 412 g/mol.